The van der Waals surface area contributed by atoms with E-state index >= 15 is 0 Å². The number of nitriles is 1. The summed E-state index contributed by atoms with van der Waals surface area (Å²) < 4.78 is 0. The van der Waals surface area contributed by atoms with Gasteiger partial charge in [0.25, 0.3) is 0 Å². The van der Waals surface area contributed by atoms with Gasteiger partial charge < -0.3 is 11.1 Å². The van der Waals surface area contributed by atoms with Crippen LogP contribution in [0.5, 0.6) is 0 Å². The molecule has 0 aromatic heterocycles. The molecule has 0 saturated carbocycles. The molecule has 4 nitrogen and oxygen atoms in total. The van der Waals surface area contributed by atoms with Crippen molar-refractivity contribution in [3.63, 3.8) is 0 Å². The van der Waals surface area contributed by atoms with Gasteiger partial charge in [-0.3, -0.25) is 4.79 Å². The van der Waals surface area contributed by atoms with Crippen molar-refractivity contribution in [3.8, 4) is 6.07 Å². The van der Waals surface area contributed by atoms with Gasteiger partial charge in [0, 0.05) is 12.6 Å². The van der Waals surface area contributed by atoms with Crippen molar-refractivity contribution in [1.82, 2.24) is 5.32 Å². The molecular formula is C6H10ClN3O. The molecule has 0 heterocycles. The largest absolute Gasteiger partial charge is 0.351 e. The van der Waals surface area contributed by atoms with Crippen LogP contribution in [-0.2, 0) is 4.79 Å². The highest BCUT2D eigenvalue weighted by atomic mass is 35.5. The number of rotatable bonds is 3. The maximum atomic E-state index is 10.4. The Kier molecular flexibility index (Phi) is 10.3. The molecule has 0 aliphatic rings. The Morgan fingerprint density at radius 2 is 2.36 bits per heavy atom. The summed E-state index contributed by atoms with van der Waals surface area (Å²) in [6.07, 6.45) is 2.85. The van der Waals surface area contributed by atoms with Crippen molar-refractivity contribution in [2.45, 2.75) is 0 Å². The molecule has 0 aliphatic carbocycles. The second-order valence-corrected chi connectivity index (χ2v) is 1.54. The summed E-state index contributed by atoms with van der Waals surface area (Å²) in [7, 11) is 0. The van der Waals surface area contributed by atoms with E-state index in [0.717, 1.165) is 0 Å². The van der Waals surface area contributed by atoms with Gasteiger partial charge in [-0.2, -0.15) is 5.26 Å². The number of nitrogens with one attached hydrogen (secondary N) is 1. The highest BCUT2D eigenvalue weighted by Crippen LogP contribution is 1.66. The predicted octanol–water partition coefficient (Wildman–Crippen LogP) is -0.437. The molecule has 0 aromatic rings. The van der Waals surface area contributed by atoms with Crippen molar-refractivity contribution in [2.24, 2.45) is 5.73 Å². The monoisotopic (exact) mass is 175 g/mol. The summed E-state index contributed by atoms with van der Waals surface area (Å²) in [6.45, 7) is 0.351. The summed E-state index contributed by atoms with van der Waals surface area (Å²) in [5.41, 5.74) is 4.99. The Morgan fingerprint density at radius 3 is 2.82 bits per heavy atom. The van der Waals surface area contributed by atoms with Crippen LogP contribution >= 0.6 is 12.4 Å². The van der Waals surface area contributed by atoms with Gasteiger partial charge in [-0.05, 0) is 0 Å². The molecule has 0 spiro atoms. The van der Waals surface area contributed by atoms with Gasteiger partial charge in [0.05, 0.1) is 12.6 Å². The normalized spacial score (nSPS) is 8.36. The average Bonchev–Trinajstić information content (AvgIpc) is 1.98. The van der Waals surface area contributed by atoms with E-state index in [4.69, 9.17) is 11.0 Å². The molecule has 0 bridgehead atoms. The van der Waals surface area contributed by atoms with E-state index in [1.165, 1.54) is 6.08 Å². The Labute approximate surface area is 71.5 Å². The lowest BCUT2D eigenvalue weighted by molar-refractivity contribution is -0.119. The van der Waals surface area contributed by atoms with Gasteiger partial charge in [-0.25, -0.2) is 0 Å². The second kappa shape index (κ2) is 8.95. The van der Waals surface area contributed by atoms with E-state index in [2.05, 4.69) is 5.32 Å². The van der Waals surface area contributed by atoms with Crippen LogP contribution in [0.25, 0.3) is 0 Å². The molecule has 0 aliphatic heterocycles. The summed E-state index contributed by atoms with van der Waals surface area (Å²) in [6, 6.07) is 1.80. The quantitative estimate of drug-likeness (QED) is 0.571. The molecule has 5 heteroatoms. The Balaban J connectivity index is 0. The van der Waals surface area contributed by atoms with Crippen molar-refractivity contribution in [1.29, 1.82) is 5.26 Å². The van der Waals surface area contributed by atoms with Crippen LogP contribution in [0.4, 0.5) is 0 Å². The third kappa shape index (κ3) is 8.95. The number of allylic oxidation sites excluding steroid dienone is 1. The fraction of sp³-hybridized carbons (Fsp3) is 0.333. The van der Waals surface area contributed by atoms with E-state index in [0.29, 0.717) is 6.54 Å². The van der Waals surface area contributed by atoms with Gasteiger partial charge in [0.2, 0.25) is 5.91 Å². The number of carbonyl (C=O) groups excluding carboxylic acids is 1. The molecule has 0 fully saturated rings. The highest BCUT2D eigenvalue weighted by Gasteiger charge is 1.90. The first-order valence-electron chi connectivity index (χ1n) is 2.82. The maximum absolute atomic E-state index is 10.4. The van der Waals surface area contributed by atoms with Crippen LogP contribution in [0.3, 0.4) is 0 Å². The van der Waals surface area contributed by atoms with Crippen LogP contribution in [0.1, 0.15) is 0 Å². The molecule has 11 heavy (non-hydrogen) atoms. The zero-order valence-corrected chi connectivity index (χ0v) is 6.73. The van der Waals surface area contributed by atoms with Crippen LogP contribution in [0.2, 0.25) is 0 Å². The van der Waals surface area contributed by atoms with Crippen LogP contribution in [0, 0.1) is 11.3 Å². The molecule has 0 unspecified atom stereocenters. The minimum Gasteiger partial charge on any atom is -0.351 e. The molecule has 0 aromatic carbocycles. The maximum Gasteiger partial charge on any atom is 0.233 e. The standard InChI is InChI=1S/C6H9N3O.ClH/c7-3-1-2-4-9-6(10)5-8;/h1-2H,4-5,8H2,(H,9,10);1H/b2-1+;. The average molecular weight is 176 g/mol. The highest BCUT2D eigenvalue weighted by molar-refractivity contribution is 5.85. The molecule has 0 radical (unpaired) electrons. The van der Waals surface area contributed by atoms with Crippen molar-refractivity contribution >= 4 is 18.3 Å². The molecule has 0 saturated heterocycles. The lowest BCUT2D eigenvalue weighted by Gasteiger charge is -1.95. The fourth-order valence-corrected chi connectivity index (χ4v) is 0.357. The van der Waals surface area contributed by atoms with Crippen molar-refractivity contribution < 1.29 is 4.79 Å². The lowest BCUT2D eigenvalue weighted by Crippen LogP contribution is -2.30. The Hall–Kier alpha value is -1.05. The first-order valence-corrected chi connectivity index (χ1v) is 2.82. The zero-order chi connectivity index (χ0) is 7.82. The predicted molar refractivity (Wildman–Crippen MR) is 44.1 cm³/mol. The summed E-state index contributed by atoms with van der Waals surface area (Å²) in [5, 5.41) is 10.5. The number of carbonyl (C=O) groups is 1. The van der Waals surface area contributed by atoms with E-state index in [-0.39, 0.29) is 24.9 Å². The van der Waals surface area contributed by atoms with E-state index < -0.39 is 0 Å². The summed E-state index contributed by atoms with van der Waals surface area (Å²) in [5.74, 6) is -0.220. The number of amides is 1. The zero-order valence-electron chi connectivity index (χ0n) is 5.91. The van der Waals surface area contributed by atoms with Gasteiger partial charge >= 0.3 is 0 Å². The smallest absolute Gasteiger partial charge is 0.233 e. The number of nitrogens with two attached hydrogens (primary N) is 1. The van der Waals surface area contributed by atoms with Crippen molar-refractivity contribution in [3.05, 3.63) is 12.2 Å². The minimum atomic E-state index is -0.220. The summed E-state index contributed by atoms with van der Waals surface area (Å²) in [4.78, 5) is 10.4. The molecule has 1 amide bonds. The number of halogens is 1. The third-order valence-corrected chi connectivity index (χ3v) is 0.795. The SMILES string of the molecule is Cl.N#C/C=C/CNC(=O)CN. The van der Waals surface area contributed by atoms with E-state index in [1.54, 1.807) is 12.1 Å². The first-order chi connectivity index (χ1) is 4.81. The van der Waals surface area contributed by atoms with Crippen LogP contribution in [0.15, 0.2) is 12.2 Å². The Bertz CT molecular complexity index is 173. The topological polar surface area (TPSA) is 78.9 Å². The molecule has 3 N–H and O–H groups in total. The molecule has 0 atom stereocenters. The molecular weight excluding hydrogens is 166 g/mol. The summed E-state index contributed by atoms with van der Waals surface area (Å²) >= 11 is 0. The molecule has 62 valence electrons. The number of nitrogens with zero attached hydrogens (tertiary/aromatic N) is 1. The first kappa shape index (κ1) is 12.6. The van der Waals surface area contributed by atoms with E-state index in [9.17, 15) is 4.79 Å². The van der Waals surface area contributed by atoms with Gasteiger partial charge in [-0.1, -0.05) is 6.08 Å². The number of hydrogen-bond donors (Lipinski definition) is 2. The Morgan fingerprint density at radius 1 is 1.73 bits per heavy atom. The van der Waals surface area contributed by atoms with Crippen molar-refractivity contribution in [2.75, 3.05) is 13.1 Å². The van der Waals surface area contributed by atoms with E-state index in [1.807, 2.05) is 0 Å². The minimum absolute atomic E-state index is 0. The molecule has 0 rings (SSSR count). The third-order valence-electron chi connectivity index (χ3n) is 0.795. The van der Waals surface area contributed by atoms with Crippen LogP contribution < -0.4 is 11.1 Å². The van der Waals surface area contributed by atoms with Gasteiger partial charge in [-0.15, -0.1) is 12.4 Å². The lowest BCUT2D eigenvalue weighted by atomic mass is 10.5. The second-order valence-electron chi connectivity index (χ2n) is 1.54. The fourth-order valence-electron chi connectivity index (χ4n) is 0.357. The van der Waals surface area contributed by atoms with Gasteiger partial charge in [0.15, 0.2) is 0 Å². The number of hydrogen-bond acceptors (Lipinski definition) is 3. The van der Waals surface area contributed by atoms with Gasteiger partial charge in [0.1, 0.15) is 0 Å². The van der Waals surface area contributed by atoms with Crippen LogP contribution in [-0.4, -0.2) is 19.0 Å².